The first-order valence-electron chi connectivity index (χ1n) is 5.93. The Kier molecular flexibility index (Phi) is 6.75. The molecule has 1 aromatic rings. The first-order chi connectivity index (χ1) is 8.67. The van der Waals surface area contributed by atoms with Gasteiger partial charge in [0.1, 0.15) is 0 Å². The molecule has 0 atom stereocenters. The van der Waals surface area contributed by atoms with E-state index in [1.807, 2.05) is 25.1 Å². The summed E-state index contributed by atoms with van der Waals surface area (Å²) in [6.07, 6.45) is 2.48. The van der Waals surface area contributed by atoms with Crippen LogP contribution >= 0.6 is 15.9 Å². The molecule has 2 N–H and O–H groups in total. The van der Waals surface area contributed by atoms with E-state index in [4.69, 9.17) is 4.84 Å². The third kappa shape index (κ3) is 5.06. The van der Waals surface area contributed by atoms with Gasteiger partial charge >= 0.3 is 0 Å². The van der Waals surface area contributed by atoms with Crippen LogP contribution in [-0.4, -0.2) is 18.3 Å². The molecule has 100 valence electrons. The third-order valence-electron chi connectivity index (χ3n) is 2.51. The van der Waals surface area contributed by atoms with Crippen molar-refractivity contribution in [1.29, 1.82) is 0 Å². The number of benzene rings is 1. The number of carbonyl (C=O) groups excluding carboxylic acids is 1. The Labute approximate surface area is 116 Å². The average Bonchev–Trinajstić information content (AvgIpc) is 2.33. The van der Waals surface area contributed by atoms with Gasteiger partial charge in [-0.25, -0.2) is 0 Å². The number of carbonyl (C=O) groups is 1. The van der Waals surface area contributed by atoms with Crippen molar-refractivity contribution >= 4 is 33.2 Å². The summed E-state index contributed by atoms with van der Waals surface area (Å²) >= 11 is 3.35. The highest BCUT2D eigenvalue weighted by molar-refractivity contribution is 9.09. The molecule has 0 heterocycles. The Morgan fingerprint density at radius 2 is 2.17 bits per heavy atom. The summed E-state index contributed by atoms with van der Waals surface area (Å²) in [4.78, 5) is 16.5. The van der Waals surface area contributed by atoms with E-state index in [2.05, 4.69) is 26.7 Å². The molecule has 0 saturated heterocycles. The smallest absolute Gasteiger partial charge is 0.224 e. The van der Waals surface area contributed by atoms with Gasteiger partial charge in [-0.15, -0.1) is 0 Å². The standard InChI is InChI=1S/C13H19BrN2O2/c1-10-9-11(16-18-2)6-7-12(10)15-13(17)5-3-4-8-14/h6-7,9,16H,3-5,8H2,1-2H3,(H,15,17). The van der Waals surface area contributed by atoms with Crippen LogP contribution in [0.2, 0.25) is 0 Å². The predicted octanol–water partition coefficient (Wildman–Crippen LogP) is 3.47. The summed E-state index contributed by atoms with van der Waals surface area (Å²) in [6, 6.07) is 5.67. The normalized spacial score (nSPS) is 10.2. The number of aryl methyl sites for hydroxylation is 1. The maximum absolute atomic E-state index is 11.7. The second kappa shape index (κ2) is 8.11. The van der Waals surface area contributed by atoms with E-state index >= 15 is 0 Å². The van der Waals surface area contributed by atoms with Crippen LogP contribution in [0, 0.1) is 6.92 Å². The summed E-state index contributed by atoms with van der Waals surface area (Å²) in [5.74, 6) is 0.0616. The molecule has 0 bridgehead atoms. The zero-order valence-electron chi connectivity index (χ0n) is 10.8. The van der Waals surface area contributed by atoms with E-state index in [1.165, 1.54) is 0 Å². The lowest BCUT2D eigenvalue weighted by molar-refractivity contribution is -0.116. The van der Waals surface area contributed by atoms with Crippen molar-refractivity contribution in [2.75, 3.05) is 23.2 Å². The number of hydrogen-bond donors (Lipinski definition) is 2. The first kappa shape index (κ1) is 15.0. The van der Waals surface area contributed by atoms with Crippen molar-refractivity contribution in [3.8, 4) is 0 Å². The highest BCUT2D eigenvalue weighted by atomic mass is 79.9. The fraction of sp³-hybridized carbons (Fsp3) is 0.462. The zero-order chi connectivity index (χ0) is 13.4. The number of anilines is 2. The molecular weight excluding hydrogens is 296 g/mol. The van der Waals surface area contributed by atoms with E-state index in [0.717, 1.165) is 35.1 Å². The SMILES string of the molecule is CONc1ccc(NC(=O)CCCCBr)c(C)c1. The van der Waals surface area contributed by atoms with Crippen LogP contribution in [-0.2, 0) is 9.63 Å². The van der Waals surface area contributed by atoms with Crippen LogP contribution < -0.4 is 10.8 Å². The van der Waals surface area contributed by atoms with E-state index in [-0.39, 0.29) is 5.91 Å². The number of rotatable bonds is 7. The number of nitrogens with one attached hydrogen (secondary N) is 2. The lowest BCUT2D eigenvalue weighted by atomic mass is 10.1. The Balaban J connectivity index is 2.53. The molecule has 0 unspecified atom stereocenters. The lowest BCUT2D eigenvalue weighted by Crippen LogP contribution is -2.12. The van der Waals surface area contributed by atoms with E-state index in [9.17, 15) is 4.79 Å². The van der Waals surface area contributed by atoms with Crippen molar-refractivity contribution in [2.24, 2.45) is 0 Å². The summed E-state index contributed by atoms with van der Waals surface area (Å²) in [5.41, 5.74) is 5.47. The lowest BCUT2D eigenvalue weighted by Gasteiger charge is -2.10. The highest BCUT2D eigenvalue weighted by Gasteiger charge is 2.05. The summed E-state index contributed by atoms with van der Waals surface area (Å²) in [5, 5.41) is 3.86. The van der Waals surface area contributed by atoms with Crippen LogP contribution in [0.4, 0.5) is 11.4 Å². The van der Waals surface area contributed by atoms with Crippen molar-refractivity contribution in [3.63, 3.8) is 0 Å². The quantitative estimate of drug-likeness (QED) is 0.460. The number of amides is 1. The molecule has 0 radical (unpaired) electrons. The van der Waals surface area contributed by atoms with Gasteiger partial charge < -0.3 is 5.32 Å². The Hall–Kier alpha value is -1.07. The highest BCUT2D eigenvalue weighted by Crippen LogP contribution is 2.20. The van der Waals surface area contributed by atoms with Gasteiger partial charge in [0.2, 0.25) is 5.91 Å². The van der Waals surface area contributed by atoms with E-state index in [0.29, 0.717) is 6.42 Å². The molecule has 0 aromatic heterocycles. The van der Waals surface area contributed by atoms with Crippen molar-refractivity contribution in [2.45, 2.75) is 26.2 Å². The number of unbranched alkanes of at least 4 members (excludes halogenated alkanes) is 1. The van der Waals surface area contributed by atoms with E-state index in [1.54, 1.807) is 7.11 Å². The second-order valence-electron chi connectivity index (χ2n) is 4.03. The average molecular weight is 315 g/mol. The largest absolute Gasteiger partial charge is 0.326 e. The molecule has 18 heavy (non-hydrogen) atoms. The fourth-order valence-corrected chi connectivity index (χ4v) is 1.97. The molecule has 0 saturated carbocycles. The first-order valence-corrected chi connectivity index (χ1v) is 7.05. The molecule has 1 rings (SSSR count). The molecule has 5 heteroatoms. The van der Waals surface area contributed by atoms with Gasteiger partial charge in [-0.2, -0.15) is 0 Å². The molecular formula is C13H19BrN2O2. The molecule has 4 nitrogen and oxygen atoms in total. The van der Waals surface area contributed by atoms with Crippen LogP contribution in [0.3, 0.4) is 0 Å². The van der Waals surface area contributed by atoms with Gasteiger partial charge in [0.25, 0.3) is 0 Å². The van der Waals surface area contributed by atoms with Crippen LogP contribution in [0.5, 0.6) is 0 Å². The van der Waals surface area contributed by atoms with Gasteiger partial charge in [0.05, 0.1) is 12.8 Å². The van der Waals surface area contributed by atoms with Crippen molar-refractivity contribution in [3.05, 3.63) is 23.8 Å². The van der Waals surface area contributed by atoms with Gasteiger partial charge in [-0.1, -0.05) is 15.9 Å². The van der Waals surface area contributed by atoms with Gasteiger partial charge in [-0.3, -0.25) is 15.1 Å². The van der Waals surface area contributed by atoms with Crippen molar-refractivity contribution < 1.29 is 9.63 Å². The minimum absolute atomic E-state index is 0.0616. The molecule has 0 aliphatic carbocycles. The molecule has 0 spiro atoms. The molecule has 1 aromatic carbocycles. The minimum atomic E-state index is 0.0616. The van der Waals surface area contributed by atoms with Gasteiger partial charge in [0, 0.05) is 17.4 Å². The maximum Gasteiger partial charge on any atom is 0.224 e. The topological polar surface area (TPSA) is 50.4 Å². The number of alkyl halides is 1. The minimum Gasteiger partial charge on any atom is -0.326 e. The molecule has 0 fully saturated rings. The summed E-state index contributed by atoms with van der Waals surface area (Å²) in [6.45, 7) is 1.95. The monoisotopic (exact) mass is 314 g/mol. The Morgan fingerprint density at radius 3 is 2.78 bits per heavy atom. The van der Waals surface area contributed by atoms with Crippen LogP contribution in [0.1, 0.15) is 24.8 Å². The third-order valence-corrected chi connectivity index (χ3v) is 3.07. The van der Waals surface area contributed by atoms with Gasteiger partial charge in [-0.05, 0) is 43.5 Å². The molecule has 0 aliphatic rings. The molecule has 0 aliphatic heterocycles. The summed E-state index contributed by atoms with van der Waals surface area (Å²) in [7, 11) is 1.56. The van der Waals surface area contributed by atoms with Crippen molar-refractivity contribution in [1.82, 2.24) is 0 Å². The zero-order valence-corrected chi connectivity index (χ0v) is 12.3. The summed E-state index contributed by atoms with van der Waals surface area (Å²) < 4.78 is 0. The van der Waals surface area contributed by atoms with Crippen LogP contribution in [0.25, 0.3) is 0 Å². The predicted molar refractivity (Wildman–Crippen MR) is 78.1 cm³/mol. The number of halogens is 1. The van der Waals surface area contributed by atoms with Gasteiger partial charge in [0.15, 0.2) is 0 Å². The second-order valence-corrected chi connectivity index (χ2v) is 4.82. The number of hydrogen-bond acceptors (Lipinski definition) is 3. The Bertz CT molecular complexity index is 397. The van der Waals surface area contributed by atoms with E-state index < -0.39 is 0 Å². The fourth-order valence-electron chi connectivity index (χ4n) is 1.58. The maximum atomic E-state index is 11.7. The van der Waals surface area contributed by atoms with Crippen LogP contribution in [0.15, 0.2) is 18.2 Å². The molecule has 1 amide bonds. The Morgan fingerprint density at radius 1 is 1.39 bits per heavy atom.